The van der Waals surface area contributed by atoms with E-state index >= 15 is 0 Å². The number of carbonyl (C=O) groups excluding carboxylic acids is 2. The maximum atomic E-state index is 13.1. The summed E-state index contributed by atoms with van der Waals surface area (Å²) in [4.78, 5) is 26.1. The number of methoxy groups -OCH3 is 1. The first-order chi connectivity index (χ1) is 16.0. The Bertz CT molecular complexity index is 1290. The summed E-state index contributed by atoms with van der Waals surface area (Å²) in [6, 6.07) is 12.0. The maximum absolute atomic E-state index is 13.1. The summed E-state index contributed by atoms with van der Waals surface area (Å²) in [6.45, 7) is 1.99. The van der Waals surface area contributed by atoms with Gasteiger partial charge in [0.2, 0.25) is 0 Å². The highest BCUT2D eigenvalue weighted by Gasteiger charge is 2.37. The Morgan fingerprint density at radius 2 is 2.00 bits per heavy atom. The van der Waals surface area contributed by atoms with Gasteiger partial charge in [0.25, 0.3) is 5.91 Å². The number of amides is 1. The van der Waals surface area contributed by atoms with E-state index in [0.717, 1.165) is 23.2 Å². The zero-order valence-corrected chi connectivity index (χ0v) is 18.4. The number of aryl methyl sites for hydroxylation is 1. The van der Waals surface area contributed by atoms with Crippen LogP contribution in [0.5, 0.6) is 11.5 Å². The second kappa shape index (κ2) is 8.12. The molecule has 33 heavy (non-hydrogen) atoms. The number of fused-ring (bicyclic) bond motifs is 1. The third-order valence-electron chi connectivity index (χ3n) is 6.11. The summed E-state index contributed by atoms with van der Waals surface area (Å²) in [7, 11) is 1.48. The lowest BCUT2D eigenvalue weighted by molar-refractivity contribution is -0.116. The molecule has 0 saturated carbocycles. The van der Waals surface area contributed by atoms with Crippen molar-refractivity contribution in [1.29, 1.82) is 0 Å². The lowest BCUT2D eigenvalue weighted by Gasteiger charge is -2.33. The maximum Gasteiger partial charge on any atom is 0.261 e. The van der Waals surface area contributed by atoms with Crippen LogP contribution >= 0.6 is 0 Å². The first kappa shape index (κ1) is 20.8. The van der Waals surface area contributed by atoms with E-state index in [1.54, 1.807) is 16.8 Å². The van der Waals surface area contributed by atoms with Gasteiger partial charge in [-0.3, -0.25) is 9.59 Å². The molecule has 0 spiro atoms. The number of phenolic OH excluding ortho intramolecular Hbond substituents is 1. The van der Waals surface area contributed by atoms with E-state index in [1.807, 2.05) is 31.2 Å². The highest BCUT2D eigenvalue weighted by molar-refractivity contribution is 6.08. The number of phenols is 1. The minimum absolute atomic E-state index is 0.0122. The number of nitrogens with one attached hydrogen (secondary N) is 2. The zero-order chi connectivity index (χ0) is 23.1. The van der Waals surface area contributed by atoms with Crippen LogP contribution in [0.15, 0.2) is 59.9 Å². The minimum Gasteiger partial charge on any atom is -0.504 e. The summed E-state index contributed by atoms with van der Waals surface area (Å²) < 4.78 is 6.95. The average Bonchev–Trinajstić information content (AvgIpc) is 3.23. The van der Waals surface area contributed by atoms with Gasteiger partial charge in [-0.25, -0.2) is 4.68 Å². The predicted molar refractivity (Wildman–Crippen MR) is 124 cm³/mol. The molecule has 1 aliphatic carbocycles. The molecule has 168 valence electrons. The van der Waals surface area contributed by atoms with Crippen molar-refractivity contribution in [2.24, 2.45) is 0 Å². The third-order valence-corrected chi connectivity index (χ3v) is 6.11. The fourth-order valence-corrected chi connectivity index (χ4v) is 4.43. The normalized spacial score (nSPS) is 17.2. The van der Waals surface area contributed by atoms with Crippen molar-refractivity contribution in [3.63, 3.8) is 0 Å². The Labute approximate surface area is 190 Å². The number of carbonyl (C=O) groups is 2. The summed E-state index contributed by atoms with van der Waals surface area (Å²) in [5.74, 6) is 0.610. The molecule has 8 heteroatoms. The standard InChI is InChI=1S/C25H24N4O4/c1-14-6-9-16(10-7-14)27-25(32)17-13-26-29-23(15-8-11-19(30)21(12-15)33-2)22-18(28-24(17)29)4-3-5-20(22)31/h6-13,23,28,30H,3-5H2,1-2H3,(H,27,32)/t23-/m0/s1. The molecule has 0 saturated heterocycles. The van der Waals surface area contributed by atoms with E-state index in [2.05, 4.69) is 15.7 Å². The Hall–Kier alpha value is -4.07. The molecule has 1 atom stereocenters. The van der Waals surface area contributed by atoms with Gasteiger partial charge in [-0.05, 0) is 49.6 Å². The van der Waals surface area contributed by atoms with E-state index in [9.17, 15) is 14.7 Å². The molecule has 3 N–H and O–H groups in total. The zero-order valence-electron chi connectivity index (χ0n) is 18.4. The Morgan fingerprint density at radius 3 is 2.76 bits per heavy atom. The summed E-state index contributed by atoms with van der Waals surface area (Å²) in [6.07, 6.45) is 3.43. The number of hydrogen-bond acceptors (Lipinski definition) is 6. The Kier molecular flexibility index (Phi) is 5.12. The summed E-state index contributed by atoms with van der Waals surface area (Å²) in [5, 5.41) is 20.8. The van der Waals surface area contributed by atoms with Gasteiger partial charge >= 0.3 is 0 Å². The topological polar surface area (TPSA) is 105 Å². The number of ether oxygens (including phenoxy) is 1. The smallest absolute Gasteiger partial charge is 0.261 e. The summed E-state index contributed by atoms with van der Waals surface area (Å²) >= 11 is 0. The number of hydrogen-bond donors (Lipinski definition) is 3. The van der Waals surface area contributed by atoms with Gasteiger partial charge in [-0.1, -0.05) is 23.8 Å². The van der Waals surface area contributed by atoms with Gasteiger partial charge in [0.15, 0.2) is 17.3 Å². The van der Waals surface area contributed by atoms with E-state index < -0.39 is 6.04 Å². The SMILES string of the molecule is COc1cc([C@H]2C3=C(CCCC3=O)Nc3c(C(=O)Nc4ccc(C)cc4)cnn32)ccc1O. The molecule has 8 nitrogen and oxygen atoms in total. The molecule has 1 aromatic heterocycles. The van der Waals surface area contributed by atoms with Gasteiger partial charge in [-0.2, -0.15) is 5.10 Å². The van der Waals surface area contributed by atoms with Crippen LogP contribution in [-0.4, -0.2) is 33.7 Å². The third kappa shape index (κ3) is 3.63. The molecule has 0 radical (unpaired) electrons. The van der Waals surface area contributed by atoms with Gasteiger partial charge < -0.3 is 20.5 Å². The van der Waals surface area contributed by atoms with Crippen molar-refractivity contribution in [1.82, 2.24) is 9.78 Å². The van der Waals surface area contributed by atoms with Crippen molar-refractivity contribution in [2.45, 2.75) is 32.2 Å². The molecule has 0 bridgehead atoms. The lowest BCUT2D eigenvalue weighted by atomic mass is 9.85. The number of nitrogens with zero attached hydrogens (tertiary/aromatic N) is 2. The van der Waals surface area contributed by atoms with Crippen LogP contribution in [-0.2, 0) is 4.79 Å². The first-order valence-corrected chi connectivity index (χ1v) is 10.8. The number of Topliss-reactive ketones (excluding diaryl/α,β-unsaturated/α-hetero) is 1. The van der Waals surface area contributed by atoms with Gasteiger partial charge in [0.05, 0.1) is 13.3 Å². The fourth-order valence-electron chi connectivity index (χ4n) is 4.43. The van der Waals surface area contributed by atoms with Gasteiger partial charge in [0.1, 0.15) is 17.4 Å². The van der Waals surface area contributed by atoms with Gasteiger partial charge in [0, 0.05) is 23.4 Å². The van der Waals surface area contributed by atoms with Crippen molar-refractivity contribution in [3.8, 4) is 11.5 Å². The molecule has 2 heterocycles. The van der Waals surface area contributed by atoms with Crippen LogP contribution in [0.4, 0.5) is 11.5 Å². The fraction of sp³-hybridized carbons (Fsp3) is 0.240. The van der Waals surface area contributed by atoms with Gasteiger partial charge in [-0.15, -0.1) is 0 Å². The molecule has 2 aliphatic rings. The number of anilines is 2. The molecule has 1 amide bonds. The molecule has 0 unspecified atom stereocenters. The van der Waals surface area contributed by atoms with Crippen LogP contribution in [0.25, 0.3) is 0 Å². The van der Waals surface area contributed by atoms with Crippen molar-refractivity contribution >= 4 is 23.2 Å². The van der Waals surface area contributed by atoms with Crippen LogP contribution in [0.2, 0.25) is 0 Å². The molecule has 0 fully saturated rings. The van der Waals surface area contributed by atoms with Crippen molar-refractivity contribution in [2.75, 3.05) is 17.7 Å². The highest BCUT2D eigenvalue weighted by atomic mass is 16.5. The number of aromatic hydroxyl groups is 1. The monoisotopic (exact) mass is 444 g/mol. The van der Waals surface area contributed by atoms with E-state index in [-0.39, 0.29) is 17.4 Å². The second-order valence-electron chi connectivity index (χ2n) is 8.30. The number of ketones is 1. The van der Waals surface area contributed by atoms with Crippen LogP contribution in [0.3, 0.4) is 0 Å². The van der Waals surface area contributed by atoms with Crippen molar-refractivity contribution < 1.29 is 19.4 Å². The van der Waals surface area contributed by atoms with E-state index in [0.29, 0.717) is 41.2 Å². The number of allylic oxidation sites excluding steroid dienone is 2. The Balaban J connectivity index is 1.58. The number of aromatic nitrogens is 2. The predicted octanol–water partition coefficient (Wildman–Crippen LogP) is 4.18. The van der Waals surface area contributed by atoms with E-state index in [4.69, 9.17) is 4.74 Å². The number of benzene rings is 2. The van der Waals surface area contributed by atoms with Crippen molar-refractivity contribution in [3.05, 3.63) is 76.6 Å². The molecular formula is C25H24N4O4. The Morgan fingerprint density at radius 1 is 1.21 bits per heavy atom. The molecule has 1 aliphatic heterocycles. The van der Waals surface area contributed by atoms with Crippen LogP contribution < -0.4 is 15.4 Å². The molecule has 2 aromatic carbocycles. The second-order valence-corrected chi connectivity index (χ2v) is 8.30. The molecule has 3 aromatic rings. The summed E-state index contributed by atoms with van der Waals surface area (Å²) in [5.41, 5.74) is 4.36. The average molecular weight is 444 g/mol. The quantitative estimate of drug-likeness (QED) is 0.558. The largest absolute Gasteiger partial charge is 0.504 e. The van der Waals surface area contributed by atoms with Crippen LogP contribution in [0.1, 0.15) is 46.8 Å². The molecule has 5 rings (SSSR count). The lowest BCUT2D eigenvalue weighted by Crippen LogP contribution is -2.32. The first-order valence-electron chi connectivity index (χ1n) is 10.8. The molecular weight excluding hydrogens is 420 g/mol. The van der Waals surface area contributed by atoms with E-state index in [1.165, 1.54) is 19.4 Å². The highest BCUT2D eigenvalue weighted by Crippen LogP contribution is 2.43. The minimum atomic E-state index is -0.528. The van der Waals surface area contributed by atoms with Crippen LogP contribution in [0, 0.1) is 6.92 Å². The number of rotatable bonds is 4.